The van der Waals surface area contributed by atoms with Crippen LogP contribution < -0.4 is 10.5 Å². The summed E-state index contributed by atoms with van der Waals surface area (Å²) in [7, 11) is 0. The van der Waals surface area contributed by atoms with Gasteiger partial charge in [0.05, 0.1) is 10.7 Å². The number of nitrogens with zero attached hydrogens (tertiary/aromatic N) is 1. The molecule has 0 aliphatic rings. The maximum absolute atomic E-state index is 5.71. The Morgan fingerprint density at radius 1 is 1.38 bits per heavy atom. The summed E-state index contributed by atoms with van der Waals surface area (Å²) in [6.07, 6.45) is 0. The Kier molecular flexibility index (Phi) is 3.10. The maximum Gasteiger partial charge on any atom is 0.131 e. The van der Waals surface area contributed by atoms with Gasteiger partial charge in [0.2, 0.25) is 0 Å². The van der Waals surface area contributed by atoms with Crippen LogP contribution in [0.4, 0.5) is 5.69 Å². The Bertz CT molecular complexity index is 494. The molecule has 0 aliphatic heterocycles. The van der Waals surface area contributed by atoms with E-state index in [4.69, 9.17) is 10.5 Å². The molecule has 16 heavy (non-hydrogen) atoms. The number of aromatic nitrogens is 1. The lowest BCUT2D eigenvalue weighted by Crippen LogP contribution is -1.98. The molecule has 1 heterocycles. The molecule has 2 rings (SSSR count). The molecule has 0 aliphatic carbocycles. The van der Waals surface area contributed by atoms with Gasteiger partial charge < -0.3 is 10.5 Å². The molecule has 84 valence electrons. The largest absolute Gasteiger partial charge is 0.487 e. The second-order valence-electron chi connectivity index (χ2n) is 3.67. The number of hydrogen-bond donors (Lipinski definition) is 1. The number of nitrogens with two attached hydrogens (primary N) is 1. The predicted octanol–water partition coefficient (Wildman–Crippen LogP) is 2.92. The molecule has 0 atom stereocenters. The Hall–Kier alpha value is -1.55. The molecule has 0 saturated heterocycles. The van der Waals surface area contributed by atoms with Crippen LogP contribution in [-0.4, -0.2) is 4.98 Å². The van der Waals surface area contributed by atoms with Gasteiger partial charge in [-0.15, -0.1) is 11.3 Å². The van der Waals surface area contributed by atoms with E-state index < -0.39 is 0 Å². The van der Waals surface area contributed by atoms with Crippen molar-refractivity contribution in [3.63, 3.8) is 0 Å². The van der Waals surface area contributed by atoms with E-state index in [9.17, 15) is 0 Å². The number of aryl methyl sites for hydroxylation is 2. The van der Waals surface area contributed by atoms with Crippen LogP contribution in [0, 0.1) is 13.8 Å². The van der Waals surface area contributed by atoms with Crippen molar-refractivity contribution < 1.29 is 4.74 Å². The Morgan fingerprint density at radius 2 is 2.19 bits per heavy atom. The molecular weight excluding hydrogens is 220 g/mol. The smallest absolute Gasteiger partial charge is 0.131 e. The fraction of sp³-hybridized carbons (Fsp3) is 0.250. The Balaban J connectivity index is 2.07. The van der Waals surface area contributed by atoms with Crippen LogP contribution in [0.2, 0.25) is 0 Å². The van der Waals surface area contributed by atoms with Crippen molar-refractivity contribution in [1.82, 2.24) is 4.98 Å². The highest BCUT2D eigenvalue weighted by atomic mass is 32.1. The van der Waals surface area contributed by atoms with Crippen molar-refractivity contribution in [2.24, 2.45) is 0 Å². The molecule has 0 unspecified atom stereocenters. The zero-order valence-corrected chi connectivity index (χ0v) is 10.2. The van der Waals surface area contributed by atoms with Gasteiger partial charge >= 0.3 is 0 Å². The summed E-state index contributed by atoms with van der Waals surface area (Å²) < 4.78 is 5.68. The number of hydrogen-bond acceptors (Lipinski definition) is 4. The molecule has 3 nitrogen and oxygen atoms in total. The van der Waals surface area contributed by atoms with Crippen molar-refractivity contribution in [2.45, 2.75) is 20.5 Å². The third kappa shape index (κ3) is 2.52. The molecule has 0 radical (unpaired) electrons. The van der Waals surface area contributed by atoms with E-state index in [0.717, 1.165) is 27.7 Å². The molecule has 4 heteroatoms. The summed E-state index contributed by atoms with van der Waals surface area (Å²) in [4.78, 5) is 4.34. The fourth-order valence-corrected chi connectivity index (χ4v) is 2.00. The quantitative estimate of drug-likeness (QED) is 0.831. The number of anilines is 1. The van der Waals surface area contributed by atoms with Crippen LogP contribution in [0.25, 0.3) is 0 Å². The molecule has 1 aromatic heterocycles. The van der Waals surface area contributed by atoms with Gasteiger partial charge in [-0.3, -0.25) is 0 Å². The minimum Gasteiger partial charge on any atom is -0.487 e. The first-order valence-electron chi connectivity index (χ1n) is 5.05. The highest BCUT2D eigenvalue weighted by molar-refractivity contribution is 7.09. The van der Waals surface area contributed by atoms with E-state index >= 15 is 0 Å². The van der Waals surface area contributed by atoms with Crippen LogP contribution in [0.15, 0.2) is 23.6 Å². The zero-order valence-electron chi connectivity index (χ0n) is 9.36. The van der Waals surface area contributed by atoms with Crippen molar-refractivity contribution in [1.29, 1.82) is 0 Å². The molecule has 0 amide bonds. The van der Waals surface area contributed by atoms with Crippen molar-refractivity contribution in [2.75, 3.05) is 5.73 Å². The summed E-state index contributed by atoms with van der Waals surface area (Å²) in [6, 6.07) is 5.67. The van der Waals surface area contributed by atoms with Crippen molar-refractivity contribution in [3.05, 3.63) is 39.8 Å². The van der Waals surface area contributed by atoms with E-state index in [1.807, 2.05) is 37.4 Å². The first-order valence-corrected chi connectivity index (χ1v) is 5.93. The molecule has 2 aromatic rings. The lowest BCUT2D eigenvalue weighted by molar-refractivity contribution is 0.300. The Labute approximate surface area is 98.9 Å². The SMILES string of the molecule is Cc1nc(COc2cc(N)ccc2C)cs1. The Morgan fingerprint density at radius 3 is 2.88 bits per heavy atom. The number of rotatable bonds is 3. The monoisotopic (exact) mass is 234 g/mol. The van der Waals surface area contributed by atoms with Crippen LogP contribution in [0.1, 0.15) is 16.3 Å². The van der Waals surface area contributed by atoms with E-state index in [0.29, 0.717) is 6.61 Å². The summed E-state index contributed by atoms with van der Waals surface area (Å²) in [5.41, 5.74) is 8.47. The second kappa shape index (κ2) is 4.53. The maximum atomic E-state index is 5.71. The van der Waals surface area contributed by atoms with Crippen LogP contribution >= 0.6 is 11.3 Å². The molecule has 2 N–H and O–H groups in total. The highest BCUT2D eigenvalue weighted by Crippen LogP contribution is 2.22. The molecule has 0 spiro atoms. The average Bonchev–Trinajstić information content (AvgIpc) is 2.66. The van der Waals surface area contributed by atoms with Gasteiger partial charge in [0.25, 0.3) is 0 Å². The topological polar surface area (TPSA) is 48.1 Å². The third-order valence-corrected chi connectivity index (χ3v) is 3.08. The highest BCUT2D eigenvalue weighted by Gasteiger charge is 2.03. The van der Waals surface area contributed by atoms with Crippen LogP contribution in [0.5, 0.6) is 5.75 Å². The van der Waals surface area contributed by atoms with Crippen molar-refractivity contribution >= 4 is 17.0 Å². The normalized spacial score (nSPS) is 10.4. The van der Waals surface area contributed by atoms with Gasteiger partial charge in [-0.1, -0.05) is 6.07 Å². The molecule has 0 fully saturated rings. The number of benzene rings is 1. The first-order chi connectivity index (χ1) is 7.65. The number of ether oxygens (including phenoxy) is 1. The molecule has 0 saturated carbocycles. The van der Waals surface area contributed by atoms with Gasteiger partial charge in [0.1, 0.15) is 12.4 Å². The predicted molar refractivity (Wildman–Crippen MR) is 66.8 cm³/mol. The summed E-state index contributed by atoms with van der Waals surface area (Å²) in [6.45, 7) is 4.48. The van der Waals surface area contributed by atoms with Gasteiger partial charge in [0, 0.05) is 17.1 Å². The van der Waals surface area contributed by atoms with Crippen molar-refractivity contribution in [3.8, 4) is 5.75 Å². The van der Waals surface area contributed by atoms with E-state index in [2.05, 4.69) is 4.98 Å². The van der Waals surface area contributed by atoms with Crippen LogP contribution in [0.3, 0.4) is 0 Å². The average molecular weight is 234 g/mol. The lowest BCUT2D eigenvalue weighted by atomic mass is 10.2. The van der Waals surface area contributed by atoms with Gasteiger partial charge in [-0.25, -0.2) is 4.98 Å². The summed E-state index contributed by atoms with van der Waals surface area (Å²) >= 11 is 1.63. The number of thiazole rings is 1. The molecular formula is C12H14N2OS. The van der Waals surface area contributed by atoms with Gasteiger partial charge in [0.15, 0.2) is 0 Å². The first kappa shape index (κ1) is 11.0. The third-order valence-electron chi connectivity index (χ3n) is 2.25. The van der Waals surface area contributed by atoms with E-state index in [-0.39, 0.29) is 0 Å². The fourth-order valence-electron chi connectivity index (χ4n) is 1.40. The van der Waals surface area contributed by atoms with Crippen LogP contribution in [-0.2, 0) is 6.61 Å². The van der Waals surface area contributed by atoms with Gasteiger partial charge in [-0.05, 0) is 25.5 Å². The number of nitrogen functional groups attached to an aromatic ring is 1. The summed E-state index contributed by atoms with van der Waals surface area (Å²) in [5.74, 6) is 0.825. The van der Waals surface area contributed by atoms with Gasteiger partial charge in [-0.2, -0.15) is 0 Å². The second-order valence-corrected chi connectivity index (χ2v) is 4.73. The minimum absolute atomic E-state index is 0.495. The summed E-state index contributed by atoms with van der Waals surface area (Å²) in [5, 5.41) is 3.07. The zero-order chi connectivity index (χ0) is 11.5. The molecule has 0 bridgehead atoms. The van der Waals surface area contributed by atoms with E-state index in [1.165, 1.54) is 0 Å². The lowest BCUT2D eigenvalue weighted by Gasteiger charge is -2.08. The standard InChI is InChI=1S/C12H14N2OS/c1-8-3-4-10(13)5-12(8)15-6-11-7-16-9(2)14-11/h3-5,7H,6,13H2,1-2H3. The molecule has 1 aromatic carbocycles. The minimum atomic E-state index is 0.495. The van der Waals surface area contributed by atoms with E-state index in [1.54, 1.807) is 11.3 Å².